The first-order chi connectivity index (χ1) is 16.8. The second-order valence-electron chi connectivity index (χ2n) is 8.60. The Kier molecular flexibility index (Phi) is 6.93. The number of pyridine rings is 2. The number of hydrogen-bond donors (Lipinski definition) is 0. The average Bonchev–Trinajstić information content (AvgIpc) is 3.18. The number of likely N-dealkylation sites (N-methyl/N-ethyl adjacent to an activating group) is 2. The van der Waals surface area contributed by atoms with E-state index in [0.29, 0.717) is 18.0 Å². The van der Waals surface area contributed by atoms with E-state index >= 15 is 0 Å². The van der Waals surface area contributed by atoms with Gasteiger partial charge in [0.1, 0.15) is 11.4 Å². The van der Waals surface area contributed by atoms with Gasteiger partial charge in [0, 0.05) is 79.6 Å². The molecule has 0 fully saturated rings. The highest BCUT2D eigenvalue weighted by Gasteiger charge is 2.15. The maximum atomic E-state index is 13.8. The summed E-state index contributed by atoms with van der Waals surface area (Å²) in [5.41, 5.74) is 4.76. The summed E-state index contributed by atoms with van der Waals surface area (Å²) in [6.07, 6.45) is 8.57. The zero-order valence-corrected chi connectivity index (χ0v) is 20.5. The van der Waals surface area contributed by atoms with Crippen molar-refractivity contribution in [1.29, 1.82) is 0 Å². The molecule has 0 atom stereocenters. The Morgan fingerprint density at radius 2 is 1.89 bits per heavy atom. The molecule has 0 aliphatic heterocycles. The van der Waals surface area contributed by atoms with Gasteiger partial charge in [0.05, 0.1) is 7.11 Å². The van der Waals surface area contributed by atoms with Crippen LogP contribution in [0.4, 0.5) is 10.1 Å². The summed E-state index contributed by atoms with van der Waals surface area (Å²) >= 11 is 0. The van der Waals surface area contributed by atoms with Crippen molar-refractivity contribution < 1.29 is 13.9 Å². The molecule has 8 heteroatoms. The van der Waals surface area contributed by atoms with Gasteiger partial charge in [0.15, 0.2) is 0 Å². The van der Waals surface area contributed by atoms with Crippen LogP contribution in [0.3, 0.4) is 0 Å². The second kappa shape index (κ2) is 10.1. The molecule has 4 rings (SSSR count). The van der Waals surface area contributed by atoms with Gasteiger partial charge in [0.2, 0.25) is 11.9 Å². The lowest BCUT2D eigenvalue weighted by Crippen LogP contribution is -2.24. The molecular formula is C27H28FN5O2. The maximum absolute atomic E-state index is 13.8. The molecular weight excluding hydrogens is 445 g/mol. The summed E-state index contributed by atoms with van der Waals surface area (Å²) in [5, 5.41) is 0.885. The Morgan fingerprint density at radius 3 is 2.60 bits per heavy atom. The predicted octanol–water partition coefficient (Wildman–Crippen LogP) is 4.53. The molecule has 0 aliphatic carbocycles. The molecule has 180 valence electrons. The van der Waals surface area contributed by atoms with Gasteiger partial charge in [-0.05, 0) is 49.5 Å². The first-order valence-electron chi connectivity index (χ1n) is 11.1. The molecule has 7 nitrogen and oxygen atoms in total. The number of aryl methyl sites for hydroxylation is 1. The van der Waals surface area contributed by atoms with Crippen LogP contribution in [0.15, 0.2) is 67.1 Å². The summed E-state index contributed by atoms with van der Waals surface area (Å²) in [7, 11) is 9.12. The van der Waals surface area contributed by atoms with E-state index in [1.165, 1.54) is 12.3 Å². The summed E-state index contributed by atoms with van der Waals surface area (Å²) < 4.78 is 21.2. The fourth-order valence-electron chi connectivity index (χ4n) is 3.88. The molecule has 4 aromatic rings. The third-order valence-corrected chi connectivity index (χ3v) is 5.76. The number of halogens is 1. The van der Waals surface area contributed by atoms with E-state index in [-0.39, 0.29) is 5.91 Å². The number of rotatable bonds is 7. The number of carbonyl (C=O) groups is 1. The minimum atomic E-state index is -0.534. The molecule has 0 aliphatic rings. The molecule has 0 bridgehead atoms. The number of methoxy groups -OCH3 is 1. The van der Waals surface area contributed by atoms with Crippen LogP contribution in [0.2, 0.25) is 0 Å². The second-order valence-corrected chi connectivity index (χ2v) is 8.60. The van der Waals surface area contributed by atoms with Crippen molar-refractivity contribution in [2.24, 2.45) is 7.05 Å². The lowest BCUT2D eigenvalue weighted by molar-refractivity contribution is -0.113. The molecule has 3 aromatic heterocycles. The zero-order valence-electron chi connectivity index (χ0n) is 20.5. The Morgan fingerprint density at radius 1 is 1.09 bits per heavy atom. The monoisotopic (exact) mass is 473 g/mol. The minimum absolute atomic E-state index is 0.135. The molecule has 0 saturated carbocycles. The summed E-state index contributed by atoms with van der Waals surface area (Å²) in [6, 6.07) is 10.9. The van der Waals surface area contributed by atoms with E-state index in [4.69, 9.17) is 4.74 Å². The lowest BCUT2D eigenvalue weighted by Gasteiger charge is -2.18. The molecule has 1 aromatic carbocycles. The van der Waals surface area contributed by atoms with Gasteiger partial charge >= 0.3 is 0 Å². The van der Waals surface area contributed by atoms with Crippen molar-refractivity contribution >= 4 is 22.6 Å². The van der Waals surface area contributed by atoms with E-state index in [1.54, 1.807) is 37.4 Å². The van der Waals surface area contributed by atoms with Crippen LogP contribution in [0.25, 0.3) is 33.3 Å². The van der Waals surface area contributed by atoms with Crippen LogP contribution in [0.1, 0.15) is 0 Å². The van der Waals surface area contributed by atoms with Gasteiger partial charge < -0.3 is 19.1 Å². The first-order valence-corrected chi connectivity index (χ1v) is 11.1. The van der Waals surface area contributed by atoms with Crippen molar-refractivity contribution in [1.82, 2.24) is 19.4 Å². The van der Waals surface area contributed by atoms with Crippen molar-refractivity contribution in [3.8, 4) is 28.0 Å². The van der Waals surface area contributed by atoms with Crippen LogP contribution < -0.4 is 9.64 Å². The molecule has 0 unspecified atom stereocenters. The van der Waals surface area contributed by atoms with Crippen LogP contribution in [0, 0.1) is 5.95 Å². The fraction of sp³-hybridized carbons (Fsp3) is 0.222. The van der Waals surface area contributed by atoms with E-state index in [2.05, 4.69) is 9.97 Å². The molecule has 0 spiro atoms. The first kappa shape index (κ1) is 24.1. The Labute approximate surface area is 204 Å². The van der Waals surface area contributed by atoms with E-state index in [9.17, 15) is 9.18 Å². The van der Waals surface area contributed by atoms with Crippen LogP contribution in [0.5, 0.6) is 5.75 Å². The van der Waals surface area contributed by atoms with E-state index in [1.807, 2.05) is 67.1 Å². The molecule has 35 heavy (non-hydrogen) atoms. The topological polar surface area (TPSA) is 63.5 Å². The fourth-order valence-corrected chi connectivity index (χ4v) is 3.88. The Balaban J connectivity index is 1.76. The van der Waals surface area contributed by atoms with Crippen molar-refractivity contribution in [3.63, 3.8) is 0 Å². The highest BCUT2D eigenvalue weighted by molar-refractivity contribution is 6.02. The lowest BCUT2D eigenvalue weighted by atomic mass is 10.0. The molecule has 1 amide bonds. The van der Waals surface area contributed by atoms with Crippen molar-refractivity contribution in [2.45, 2.75) is 0 Å². The summed E-state index contributed by atoms with van der Waals surface area (Å²) in [5.74, 6) is -0.0444. The highest BCUT2D eigenvalue weighted by atomic mass is 19.1. The number of carbonyl (C=O) groups excluding carboxylic acids is 1. The third kappa shape index (κ3) is 5.22. The number of aromatic nitrogens is 3. The molecule has 3 heterocycles. The Hall–Kier alpha value is -4.04. The number of hydrogen-bond acceptors (Lipinski definition) is 5. The number of nitrogens with zero attached hydrogens (tertiary/aromatic N) is 5. The highest BCUT2D eigenvalue weighted by Crippen LogP contribution is 2.35. The average molecular weight is 474 g/mol. The van der Waals surface area contributed by atoms with Crippen LogP contribution >= 0.6 is 0 Å². The van der Waals surface area contributed by atoms with E-state index < -0.39 is 5.95 Å². The molecule has 0 N–H and O–H groups in total. The van der Waals surface area contributed by atoms with Crippen LogP contribution in [-0.4, -0.2) is 60.1 Å². The predicted molar refractivity (Wildman–Crippen MR) is 137 cm³/mol. The van der Waals surface area contributed by atoms with Gasteiger partial charge in [-0.2, -0.15) is 4.39 Å². The number of fused-ring (bicyclic) bond motifs is 1. The van der Waals surface area contributed by atoms with Crippen molar-refractivity contribution in [3.05, 3.63) is 73.1 Å². The standard InChI is InChI=1S/C27H28FN5O2/c1-31(2)10-6-7-26(34)33(4)21-11-19(12-22(15-21)35-5)20-13-23-24(17-32(3)27(23)30-16-20)18-8-9-29-25(28)14-18/h6-9,11-17H,10H2,1-5H3/b7-6+. The van der Waals surface area contributed by atoms with Gasteiger partial charge in [-0.3, -0.25) is 4.79 Å². The zero-order chi connectivity index (χ0) is 25.1. The smallest absolute Gasteiger partial charge is 0.250 e. The van der Waals surface area contributed by atoms with Gasteiger partial charge in [0.25, 0.3) is 0 Å². The minimum Gasteiger partial charge on any atom is -0.497 e. The Bertz CT molecular complexity index is 1410. The summed E-state index contributed by atoms with van der Waals surface area (Å²) in [4.78, 5) is 24.6. The summed E-state index contributed by atoms with van der Waals surface area (Å²) in [6.45, 7) is 0.676. The third-order valence-electron chi connectivity index (χ3n) is 5.76. The quantitative estimate of drug-likeness (QED) is 0.292. The van der Waals surface area contributed by atoms with E-state index in [0.717, 1.165) is 33.3 Å². The van der Waals surface area contributed by atoms with Gasteiger partial charge in [-0.15, -0.1) is 0 Å². The molecule has 0 saturated heterocycles. The van der Waals surface area contributed by atoms with Crippen LogP contribution in [-0.2, 0) is 11.8 Å². The molecule has 0 radical (unpaired) electrons. The van der Waals surface area contributed by atoms with Gasteiger partial charge in [-0.1, -0.05) is 6.08 Å². The number of anilines is 1. The maximum Gasteiger partial charge on any atom is 0.250 e. The number of benzene rings is 1. The van der Waals surface area contributed by atoms with Crippen molar-refractivity contribution in [2.75, 3.05) is 39.7 Å². The largest absolute Gasteiger partial charge is 0.497 e. The number of ether oxygens (including phenoxy) is 1. The van der Waals surface area contributed by atoms with Gasteiger partial charge in [-0.25, -0.2) is 9.97 Å². The number of amides is 1. The SMILES string of the molecule is COc1cc(-c2cnc3c(c2)c(-c2ccnc(F)c2)cn3C)cc(N(C)C(=O)/C=C/CN(C)C)c1. The normalized spacial score (nSPS) is 11.5.